The number of methoxy groups -OCH3 is 1. The van der Waals surface area contributed by atoms with Crippen molar-refractivity contribution >= 4 is 17.6 Å². The number of aliphatic hydroxyl groups excluding tert-OH is 1. The van der Waals surface area contributed by atoms with Crippen LogP contribution in [-0.4, -0.2) is 23.8 Å². The van der Waals surface area contributed by atoms with E-state index in [1.807, 2.05) is 0 Å². The summed E-state index contributed by atoms with van der Waals surface area (Å²) in [6.07, 6.45) is -1.66. The Kier molecular flexibility index (Phi) is 6.95. The molecule has 30 heavy (non-hydrogen) atoms. The summed E-state index contributed by atoms with van der Waals surface area (Å²) >= 11 is 0. The number of benzene rings is 1. The zero-order valence-corrected chi connectivity index (χ0v) is 17.4. The molecule has 0 saturated carbocycles. The molecule has 0 fully saturated rings. The van der Waals surface area contributed by atoms with Crippen molar-refractivity contribution < 1.29 is 32.6 Å². The molecule has 2 rings (SSSR count). The smallest absolute Gasteiger partial charge is 0.416 e. The monoisotopic (exact) mass is 422 g/mol. The van der Waals surface area contributed by atoms with Gasteiger partial charge in [0.15, 0.2) is 11.6 Å². The number of alkyl halides is 3. The lowest BCUT2D eigenvalue weighted by Gasteiger charge is -2.37. The molecule has 1 aliphatic rings. The van der Waals surface area contributed by atoms with Gasteiger partial charge in [0, 0.05) is 5.57 Å². The summed E-state index contributed by atoms with van der Waals surface area (Å²) in [7, 11) is 1.41. The SMILES string of the molecule is CCC1=C(OC)C(CC)(CC)C(=O)C(C(=O)/C=C/c2ccccc2C(F)(F)F)=C1O. The van der Waals surface area contributed by atoms with Crippen molar-refractivity contribution in [1.29, 1.82) is 0 Å². The molecule has 0 atom stereocenters. The number of carbonyl (C=O) groups excluding carboxylic acids is 2. The number of allylic oxidation sites excluding steroid dienone is 4. The predicted octanol–water partition coefficient (Wildman–Crippen LogP) is 5.80. The molecule has 1 aromatic rings. The molecule has 1 N–H and O–H groups in total. The minimum atomic E-state index is -4.59. The van der Waals surface area contributed by atoms with Crippen LogP contribution in [0.1, 0.15) is 51.2 Å². The first kappa shape index (κ1) is 23.4. The molecule has 1 aliphatic carbocycles. The number of ketones is 2. The summed E-state index contributed by atoms with van der Waals surface area (Å²) in [5.41, 5.74) is -2.27. The fourth-order valence-corrected chi connectivity index (χ4v) is 3.91. The van der Waals surface area contributed by atoms with E-state index in [2.05, 4.69) is 0 Å². The van der Waals surface area contributed by atoms with Gasteiger partial charge in [-0.05, 0) is 37.0 Å². The fraction of sp³-hybridized carbons (Fsp3) is 0.391. The predicted molar refractivity (Wildman–Crippen MR) is 107 cm³/mol. The number of rotatable bonds is 7. The lowest BCUT2D eigenvalue weighted by Crippen LogP contribution is -2.40. The first-order valence-corrected chi connectivity index (χ1v) is 9.73. The molecule has 0 amide bonds. The van der Waals surface area contributed by atoms with Gasteiger partial charge < -0.3 is 9.84 Å². The van der Waals surface area contributed by atoms with E-state index in [-0.39, 0.29) is 5.56 Å². The van der Waals surface area contributed by atoms with Crippen LogP contribution in [0.2, 0.25) is 0 Å². The van der Waals surface area contributed by atoms with Gasteiger partial charge in [0.25, 0.3) is 0 Å². The number of hydrogen-bond donors (Lipinski definition) is 1. The zero-order chi connectivity index (χ0) is 22.7. The maximum Gasteiger partial charge on any atom is 0.416 e. The molecule has 7 heteroatoms. The van der Waals surface area contributed by atoms with E-state index in [1.54, 1.807) is 20.8 Å². The molecular weight excluding hydrogens is 397 g/mol. The van der Waals surface area contributed by atoms with E-state index in [1.165, 1.54) is 25.3 Å². The Hall–Kier alpha value is -2.83. The maximum absolute atomic E-state index is 13.3. The van der Waals surface area contributed by atoms with Gasteiger partial charge in [0.1, 0.15) is 17.1 Å². The standard InChI is InChI=1S/C23H25F3O4/c1-5-15-19(28)18(20(29)22(6-2,7-3)21(15)30-4)17(27)13-12-14-10-8-9-11-16(14)23(24,25)26/h8-13,28H,5-7H2,1-4H3/b13-12+. The highest BCUT2D eigenvalue weighted by Crippen LogP contribution is 2.46. The Morgan fingerprint density at radius 1 is 1.17 bits per heavy atom. The molecule has 4 nitrogen and oxygen atoms in total. The van der Waals surface area contributed by atoms with Crippen molar-refractivity contribution in [3.63, 3.8) is 0 Å². The Balaban J connectivity index is 2.58. The van der Waals surface area contributed by atoms with Gasteiger partial charge in [0.05, 0.1) is 18.1 Å². The van der Waals surface area contributed by atoms with Gasteiger partial charge in [-0.1, -0.05) is 45.0 Å². The molecule has 0 saturated heterocycles. The van der Waals surface area contributed by atoms with Crippen molar-refractivity contribution in [2.45, 2.75) is 46.2 Å². The van der Waals surface area contributed by atoms with E-state index in [9.17, 15) is 27.9 Å². The van der Waals surface area contributed by atoms with Crippen molar-refractivity contribution in [2.75, 3.05) is 7.11 Å². The Bertz CT molecular complexity index is 932. The Morgan fingerprint density at radius 2 is 1.77 bits per heavy atom. The maximum atomic E-state index is 13.3. The number of aliphatic hydroxyl groups is 1. The summed E-state index contributed by atoms with van der Waals surface area (Å²) < 4.78 is 45.0. The zero-order valence-electron chi connectivity index (χ0n) is 17.4. The van der Waals surface area contributed by atoms with Gasteiger partial charge in [0.2, 0.25) is 0 Å². The molecule has 162 valence electrons. The van der Waals surface area contributed by atoms with Gasteiger partial charge >= 0.3 is 6.18 Å². The van der Waals surface area contributed by atoms with Gasteiger partial charge in [-0.3, -0.25) is 9.59 Å². The van der Waals surface area contributed by atoms with E-state index >= 15 is 0 Å². The minimum Gasteiger partial charge on any atom is -0.507 e. The number of hydrogen-bond acceptors (Lipinski definition) is 4. The molecule has 0 aromatic heterocycles. The highest BCUT2D eigenvalue weighted by molar-refractivity contribution is 6.28. The number of carbonyl (C=O) groups is 2. The van der Waals surface area contributed by atoms with Gasteiger partial charge in [-0.15, -0.1) is 0 Å². The molecule has 1 aromatic carbocycles. The molecule has 0 heterocycles. The molecule has 0 unspecified atom stereocenters. The van der Waals surface area contributed by atoms with E-state index < -0.39 is 40.1 Å². The lowest BCUT2D eigenvalue weighted by molar-refractivity contribution is -0.137. The van der Waals surface area contributed by atoms with Crippen LogP contribution in [0.25, 0.3) is 6.08 Å². The lowest BCUT2D eigenvalue weighted by atomic mass is 9.68. The molecule has 0 spiro atoms. The second-order valence-corrected chi connectivity index (χ2v) is 6.99. The third-order valence-electron chi connectivity index (χ3n) is 5.58. The van der Waals surface area contributed by atoms with Crippen molar-refractivity contribution in [3.8, 4) is 0 Å². The molecule has 0 aliphatic heterocycles. The summed E-state index contributed by atoms with van der Waals surface area (Å²) in [5.74, 6) is -1.57. The number of ether oxygens (including phenoxy) is 1. The molecule has 0 radical (unpaired) electrons. The molecule has 0 bridgehead atoms. The molecular formula is C23H25F3O4. The van der Waals surface area contributed by atoms with Crippen LogP contribution in [-0.2, 0) is 20.5 Å². The van der Waals surface area contributed by atoms with Gasteiger partial charge in [-0.25, -0.2) is 0 Å². The fourth-order valence-electron chi connectivity index (χ4n) is 3.91. The highest BCUT2D eigenvalue weighted by Gasteiger charge is 2.49. The second kappa shape index (κ2) is 8.90. The second-order valence-electron chi connectivity index (χ2n) is 6.99. The van der Waals surface area contributed by atoms with Crippen LogP contribution in [0.5, 0.6) is 0 Å². The van der Waals surface area contributed by atoms with Crippen LogP contribution >= 0.6 is 0 Å². The van der Waals surface area contributed by atoms with Crippen LogP contribution in [0, 0.1) is 5.41 Å². The topological polar surface area (TPSA) is 63.6 Å². The summed E-state index contributed by atoms with van der Waals surface area (Å²) in [6, 6.07) is 4.81. The number of Topliss-reactive ketones (excluding diaryl/α,β-unsaturated/α-hetero) is 1. The minimum absolute atomic E-state index is 0.206. The Morgan fingerprint density at radius 3 is 2.27 bits per heavy atom. The van der Waals surface area contributed by atoms with Crippen molar-refractivity contribution in [3.05, 3.63) is 64.1 Å². The average Bonchev–Trinajstić information content (AvgIpc) is 2.71. The van der Waals surface area contributed by atoms with E-state index in [0.717, 1.165) is 18.2 Å². The first-order chi connectivity index (χ1) is 14.1. The van der Waals surface area contributed by atoms with E-state index in [4.69, 9.17) is 4.74 Å². The van der Waals surface area contributed by atoms with Crippen LogP contribution in [0.15, 0.2) is 53.0 Å². The van der Waals surface area contributed by atoms with Crippen LogP contribution < -0.4 is 0 Å². The third-order valence-corrected chi connectivity index (χ3v) is 5.58. The quantitative estimate of drug-likeness (QED) is 0.446. The van der Waals surface area contributed by atoms with Crippen molar-refractivity contribution in [1.82, 2.24) is 0 Å². The normalized spacial score (nSPS) is 17.1. The van der Waals surface area contributed by atoms with Crippen molar-refractivity contribution in [2.24, 2.45) is 5.41 Å². The van der Waals surface area contributed by atoms with Crippen LogP contribution in [0.4, 0.5) is 13.2 Å². The van der Waals surface area contributed by atoms with E-state index in [0.29, 0.717) is 30.6 Å². The average molecular weight is 422 g/mol. The third kappa shape index (κ3) is 3.93. The van der Waals surface area contributed by atoms with Crippen LogP contribution in [0.3, 0.4) is 0 Å². The summed E-state index contributed by atoms with van der Waals surface area (Å²) in [5, 5.41) is 10.7. The number of halogens is 3. The highest BCUT2D eigenvalue weighted by atomic mass is 19.4. The Labute approximate surface area is 173 Å². The first-order valence-electron chi connectivity index (χ1n) is 9.73. The van der Waals surface area contributed by atoms with Gasteiger partial charge in [-0.2, -0.15) is 13.2 Å². The largest absolute Gasteiger partial charge is 0.507 e. The summed E-state index contributed by atoms with van der Waals surface area (Å²) in [4.78, 5) is 26.1. The summed E-state index contributed by atoms with van der Waals surface area (Å²) in [6.45, 7) is 5.33.